The molecule has 0 N–H and O–H groups in total. The van der Waals surface area contributed by atoms with Crippen LogP contribution in [0.1, 0.15) is 45.4 Å². The third-order valence-corrected chi connectivity index (χ3v) is 8.23. The second-order valence-corrected chi connectivity index (χ2v) is 9.19. The molecule has 0 saturated heterocycles. The molecule has 0 amide bonds. The highest BCUT2D eigenvalue weighted by molar-refractivity contribution is 8.08. The van der Waals surface area contributed by atoms with Crippen molar-refractivity contribution in [2.45, 2.75) is 17.6 Å². The minimum Gasteiger partial charge on any atom is -0.117 e. The molecule has 0 saturated carbocycles. The van der Waals surface area contributed by atoms with Crippen LogP contribution in [0.25, 0.3) is 21.6 Å². The van der Waals surface area contributed by atoms with Crippen molar-refractivity contribution in [3.63, 3.8) is 0 Å². The van der Waals surface area contributed by atoms with Crippen LogP contribution in [0.5, 0.6) is 0 Å². The minimum absolute atomic E-state index is 0.585. The van der Waals surface area contributed by atoms with Crippen LogP contribution in [0, 0.1) is 5.92 Å². The van der Waals surface area contributed by atoms with Gasteiger partial charge in [0.1, 0.15) is 0 Å². The molecule has 3 aromatic carbocycles. The number of thioether (sulfide) groups is 1. The predicted molar refractivity (Wildman–Crippen MR) is 115 cm³/mol. The molecule has 0 aromatic heterocycles. The summed E-state index contributed by atoms with van der Waals surface area (Å²) in [5.41, 5.74) is 12.0. The van der Waals surface area contributed by atoms with Crippen molar-refractivity contribution in [2.24, 2.45) is 5.92 Å². The van der Waals surface area contributed by atoms with Crippen molar-refractivity contribution in [3.8, 4) is 11.1 Å². The summed E-state index contributed by atoms with van der Waals surface area (Å²) in [6, 6.07) is 24.7. The second kappa shape index (κ2) is 5.05. The number of fused-ring (bicyclic) bond motifs is 6. The fourth-order valence-electron chi connectivity index (χ4n) is 5.69. The van der Waals surface area contributed by atoms with E-state index < -0.39 is 0 Å². The lowest BCUT2D eigenvalue weighted by molar-refractivity contribution is 0.552. The lowest BCUT2D eigenvalue weighted by atomic mass is 9.80. The Morgan fingerprint density at radius 1 is 0.778 bits per heavy atom. The molecular weight excluding hydrogens is 344 g/mol. The Hall–Kier alpha value is -2.51. The topological polar surface area (TPSA) is 0 Å². The highest BCUT2D eigenvalue weighted by Crippen LogP contribution is 2.66. The van der Waals surface area contributed by atoms with E-state index in [0.29, 0.717) is 17.1 Å². The molecule has 7 rings (SSSR count). The van der Waals surface area contributed by atoms with E-state index >= 15 is 0 Å². The van der Waals surface area contributed by atoms with Crippen LogP contribution >= 0.6 is 11.8 Å². The molecule has 0 spiro atoms. The second-order valence-electron chi connectivity index (χ2n) is 8.01. The molecule has 0 radical (unpaired) electrons. The first kappa shape index (κ1) is 14.5. The number of hydrogen-bond acceptors (Lipinski definition) is 1. The van der Waals surface area contributed by atoms with Gasteiger partial charge in [0.15, 0.2) is 0 Å². The van der Waals surface area contributed by atoms with E-state index in [-0.39, 0.29) is 0 Å². The van der Waals surface area contributed by atoms with E-state index in [2.05, 4.69) is 90.6 Å². The zero-order valence-electron chi connectivity index (χ0n) is 14.9. The molecule has 0 fully saturated rings. The van der Waals surface area contributed by atoms with Crippen molar-refractivity contribution < 1.29 is 0 Å². The molecule has 4 aliphatic rings. The van der Waals surface area contributed by atoms with Gasteiger partial charge in [-0.3, -0.25) is 0 Å². The van der Waals surface area contributed by atoms with Crippen LogP contribution in [0.3, 0.4) is 0 Å². The van der Waals surface area contributed by atoms with E-state index in [1.54, 1.807) is 16.7 Å². The summed E-state index contributed by atoms with van der Waals surface area (Å²) in [5, 5.41) is 0.585. The molecule has 1 aliphatic heterocycles. The van der Waals surface area contributed by atoms with Gasteiger partial charge in [-0.15, -0.1) is 11.8 Å². The maximum absolute atomic E-state index is 2.57. The van der Waals surface area contributed by atoms with Crippen LogP contribution < -0.4 is 0 Å². The summed E-state index contributed by atoms with van der Waals surface area (Å²) in [6.45, 7) is 0. The molecule has 3 aromatic rings. The van der Waals surface area contributed by atoms with Gasteiger partial charge in [-0.05, 0) is 56.9 Å². The zero-order valence-corrected chi connectivity index (χ0v) is 15.7. The van der Waals surface area contributed by atoms with Gasteiger partial charge in [0.05, 0.1) is 0 Å². The average Bonchev–Trinajstić information content (AvgIpc) is 3.38. The minimum atomic E-state index is 0.585. The highest BCUT2D eigenvalue weighted by atomic mass is 32.2. The first-order valence-corrected chi connectivity index (χ1v) is 10.7. The average molecular weight is 362 g/mol. The van der Waals surface area contributed by atoms with Gasteiger partial charge in [0, 0.05) is 16.1 Å². The van der Waals surface area contributed by atoms with Gasteiger partial charge in [0.25, 0.3) is 0 Å². The highest BCUT2D eigenvalue weighted by Gasteiger charge is 2.47. The molecule has 0 bridgehead atoms. The zero-order chi connectivity index (χ0) is 17.5. The quantitative estimate of drug-likeness (QED) is 0.350. The molecule has 3 unspecified atom stereocenters. The molecule has 0 nitrogen and oxygen atoms in total. The molecule has 3 atom stereocenters. The monoisotopic (exact) mass is 362 g/mol. The molecule has 1 heterocycles. The Kier molecular flexibility index (Phi) is 2.72. The first-order chi connectivity index (χ1) is 13.4. The number of hydrogen-bond donors (Lipinski definition) is 0. The van der Waals surface area contributed by atoms with Gasteiger partial charge in [0.2, 0.25) is 0 Å². The lowest BCUT2D eigenvalue weighted by Crippen LogP contribution is -2.09. The van der Waals surface area contributed by atoms with Gasteiger partial charge >= 0.3 is 0 Å². The van der Waals surface area contributed by atoms with Crippen LogP contribution in [-0.2, 0) is 0 Å². The van der Waals surface area contributed by atoms with Crippen molar-refractivity contribution in [1.82, 2.24) is 0 Å². The maximum Gasteiger partial charge on any atom is 0.0416 e. The summed E-state index contributed by atoms with van der Waals surface area (Å²) in [5.74, 6) is 1.28. The number of allylic oxidation sites excluding steroid dienone is 2. The lowest BCUT2D eigenvalue weighted by Gasteiger charge is -2.23. The van der Waals surface area contributed by atoms with Gasteiger partial charge < -0.3 is 0 Å². The Balaban J connectivity index is 1.40. The molecule has 1 heteroatoms. The van der Waals surface area contributed by atoms with E-state index in [1.807, 2.05) is 0 Å². The predicted octanol–water partition coefficient (Wildman–Crippen LogP) is 7.04. The fourth-order valence-corrected chi connectivity index (χ4v) is 7.23. The van der Waals surface area contributed by atoms with Crippen LogP contribution in [0.15, 0.2) is 78.9 Å². The normalized spacial score (nSPS) is 25.6. The molecule has 27 heavy (non-hydrogen) atoms. The Morgan fingerprint density at radius 2 is 1.59 bits per heavy atom. The summed E-state index contributed by atoms with van der Waals surface area (Å²) < 4.78 is 0. The largest absolute Gasteiger partial charge is 0.117 e. The van der Waals surface area contributed by atoms with Crippen molar-refractivity contribution in [1.29, 1.82) is 0 Å². The van der Waals surface area contributed by atoms with Gasteiger partial charge in [-0.25, -0.2) is 0 Å². The van der Waals surface area contributed by atoms with Crippen LogP contribution in [-0.4, -0.2) is 0 Å². The Labute approximate surface area is 163 Å². The standard InChI is InChI=1S/C26H18S/c1-2-6-15(7-3-1)23-14-22-20-11-10-18-16-8-4-5-9-17(16)19-12-13-21(26(22)27-23)25(20)24(18)19/h1-10,12-14,20,22,26H,11H2. The number of benzene rings is 3. The van der Waals surface area contributed by atoms with E-state index in [9.17, 15) is 0 Å². The number of rotatable bonds is 1. The van der Waals surface area contributed by atoms with Crippen molar-refractivity contribution in [3.05, 3.63) is 107 Å². The summed E-state index contributed by atoms with van der Waals surface area (Å²) >= 11 is 2.08. The molecular formula is C26H18S. The summed E-state index contributed by atoms with van der Waals surface area (Å²) in [4.78, 5) is 1.47. The van der Waals surface area contributed by atoms with Gasteiger partial charge in [-0.1, -0.05) is 78.9 Å². The molecule has 128 valence electrons. The third kappa shape index (κ3) is 1.76. The van der Waals surface area contributed by atoms with Crippen LogP contribution in [0.4, 0.5) is 0 Å². The van der Waals surface area contributed by atoms with Crippen molar-refractivity contribution >= 4 is 22.2 Å². The smallest absolute Gasteiger partial charge is 0.0416 e. The van der Waals surface area contributed by atoms with E-state index in [4.69, 9.17) is 0 Å². The van der Waals surface area contributed by atoms with Crippen molar-refractivity contribution in [2.75, 3.05) is 0 Å². The van der Waals surface area contributed by atoms with Gasteiger partial charge in [-0.2, -0.15) is 0 Å². The van der Waals surface area contributed by atoms with Crippen LogP contribution in [0.2, 0.25) is 0 Å². The Bertz CT molecular complexity index is 1180. The van der Waals surface area contributed by atoms with E-state index in [0.717, 1.165) is 0 Å². The summed E-state index contributed by atoms with van der Waals surface area (Å²) in [7, 11) is 0. The SMILES string of the molecule is C1=C(c2ccccc2)SC2c3ccc4c5c3C(CC=C5c3ccccc3-4)C12. The molecule has 3 aliphatic carbocycles. The fraction of sp³-hybridized carbons (Fsp3) is 0.154. The summed E-state index contributed by atoms with van der Waals surface area (Å²) in [6.07, 6.45) is 6.27. The third-order valence-electron chi connectivity index (χ3n) is 6.78. The maximum atomic E-state index is 2.57. The Morgan fingerprint density at radius 3 is 2.48 bits per heavy atom. The van der Waals surface area contributed by atoms with E-state index in [1.165, 1.54) is 39.2 Å². The first-order valence-electron chi connectivity index (χ1n) is 9.81.